The highest BCUT2D eigenvalue weighted by molar-refractivity contribution is 7.91. The Kier molecular flexibility index (Phi) is 4.28. The van der Waals surface area contributed by atoms with Gasteiger partial charge in [-0.05, 0) is 60.5 Å². The topological polar surface area (TPSA) is 67.4 Å². The van der Waals surface area contributed by atoms with Crippen LogP contribution in [-0.2, 0) is 22.8 Å². The van der Waals surface area contributed by atoms with Crippen LogP contribution in [0.5, 0.6) is 5.75 Å². The normalized spacial score (nSPS) is 14.2. The molecule has 0 atom stereocenters. The van der Waals surface area contributed by atoms with Gasteiger partial charge in [0.1, 0.15) is 10.6 Å². The highest BCUT2D eigenvalue weighted by atomic mass is 32.2. The van der Waals surface area contributed by atoms with E-state index in [2.05, 4.69) is 10.6 Å². The molecule has 3 rings (SSSR count). The van der Waals surface area contributed by atoms with Gasteiger partial charge < -0.3 is 15.4 Å². The molecule has 0 fully saturated rings. The highest BCUT2D eigenvalue weighted by Gasteiger charge is 2.25. The quantitative estimate of drug-likeness (QED) is 0.898. The lowest BCUT2D eigenvalue weighted by Gasteiger charge is -2.20. The van der Waals surface area contributed by atoms with Gasteiger partial charge in [0.05, 0.1) is 12.0 Å². The molecular weight excluding hydrogens is 312 g/mol. The molecule has 2 aromatic carbocycles. The smallest absolute Gasteiger partial charge is 0.210 e. The minimum atomic E-state index is -3.62. The van der Waals surface area contributed by atoms with Crippen molar-refractivity contribution in [2.45, 2.75) is 22.8 Å². The molecule has 6 heteroatoms. The summed E-state index contributed by atoms with van der Waals surface area (Å²) in [5.41, 5.74) is 3.03. The van der Waals surface area contributed by atoms with Crippen LogP contribution in [0.3, 0.4) is 0 Å². The second-order valence-electron chi connectivity index (χ2n) is 5.48. The van der Waals surface area contributed by atoms with Crippen LogP contribution in [0.25, 0.3) is 0 Å². The van der Waals surface area contributed by atoms with Gasteiger partial charge in [0.2, 0.25) is 9.84 Å². The predicted octanol–water partition coefficient (Wildman–Crippen LogP) is 2.22. The number of rotatable bonds is 4. The van der Waals surface area contributed by atoms with Gasteiger partial charge in [-0.2, -0.15) is 0 Å². The first-order valence-electron chi connectivity index (χ1n) is 7.49. The monoisotopic (exact) mass is 332 g/mol. The maximum Gasteiger partial charge on any atom is 0.210 e. The summed E-state index contributed by atoms with van der Waals surface area (Å²) < 4.78 is 31.3. The average Bonchev–Trinajstić information content (AvgIpc) is 2.60. The van der Waals surface area contributed by atoms with Gasteiger partial charge in [-0.1, -0.05) is 0 Å². The summed E-state index contributed by atoms with van der Waals surface area (Å²) in [5.74, 6) is 0.406. The minimum Gasteiger partial charge on any atom is -0.495 e. The van der Waals surface area contributed by atoms with Crippen molar-refractivity contribution in [1.82, 2.24) is 5.32 Å². The van der Waals surface area contributed by atoms with Crippen LogP contribution in [0.2, 0.25) is 0 Å². The summed E-state index contributed by atoms with van der Waals surface area (Å²) in [6.07, 6.45) is 0.878. The number of benzene rings is 2. The highest BCUT2D eigenvalue weighted by Crippen LogP contribution is 2.33. The molecule has 2 aromatic rings. The maximum absolute atomic E-state index is 13.0. The number of ether oxygens (including phenoxy) is 1. The fourth-order valence-electron chi connectivity index (χ4n) is 2.78. The van der Waals surface area contributed by atoms with Crippen molar-refractivity contribution >= 4 is 15.5 Å². The molecule has 1 aliphatic heterocycles. The number of fused-ring (bicyclic) bond motifs is 1. The summed E-state index contributed by atoms with van der Waals surface area (Å²) in [4.78, 5) is 0.484. The van der Waals surface area contributed by atoms with E-state index < -0.39 is 9.84 Å². The minimum absolute atomic E-state index is 0.222. The standard InChI is InChI=1S/C17H20N2O3S/c1-18-14-3-5-15(6-4-14)23(20,21)17-10-13-11-19-8-7-12(13)9-16(17)22-2/h3-6,9-10,18-19H,7-8,11H2,1-2H3. The largest absolute Gasteiger partial charge is 0.495 e. The Labute approximate surface area is 136 Å². The van der Waals surface area contributed by atoms with E-state index in [0.717, 1.165) is 29.8 Å². The van der Waals surface area contributed by atoms with Crippen LogP contribution < -0.4 is 15.4 Å². The number of anilines is 1. The van der Waals surface area contributed by atoms with E-state index in [1.165, 1.54) is 7.11 Å². The van der Waals surface area contributed by atoms with Gasteiger partial charge in [0.25, 0.3) is 0 Å². The summed E-state index contributed by atoms with van der Waals surface area (Å²) in [5, 5.41) is 6.25. The van der Waals surface area contributed by atoms with Crippen molar-refractivity contribution < 1.29 is 13.2 Å². The van der Waals surface area contributed by atoms with Crippen LogP contribution in [0.1, 0.15) is 11.1 Å². The molecule has 0 aliphatic carbocycles. The summed E-state index contributed by atoms with van der Waals surface area (Å²) in [7, 11) is -0.320. The third kappa shape index (κ3) is 2.92. The summed E-state index contributed by atoms with van der Waals surface area (Å²) in [6.45, 7) is 1.58. The molecule has 1 heterocycles. The van der Waals surface area contributed by atoms with Crippen molar-refractivity contribution in [2.75, 3.05) is 26.0 Å². The van der Waals surface area contributed by atoms with Crippen LogP contribution in [-0.4, -0.2) is 29.1 Å². The molecule has 122 valence electrons. The van der Waals surface area contributed by atoms with Gasteiger partial charge in [-0.3, -0.25) is 0 Å². The summed E-state index contributed by atoms with van der Waals surface area (Å²) >= 11 is 0. The Balaban J connectivity index is 2.11. The van der Waals surface area contributed by atoms with Crippen LogP contribution in [0.4, 0.5) is 5.69 Å². The Bertz CT molecular complexity index is 814. The Morgan fingerprint density at radius 3 is 2.52 bits per heavy atom. The lowest BCUT2D eigenvalue weighted by atomic mass is 10.0. The fraction of sp³-hybridized carbons (Fsp3) is 0.294. The van der Waals surface area contributed by atoms with Crippen LogP contribution >= 0.6 is 0 Å². The van der Waals surface area contributed by atoms with Crippen molar-refractivity contribution in [3.8, 4) is 5.75 Å². The molecule has 0 saturated carbocycles. The maximum atomic E-state index is 13.0. The zero-order valence-electron chi connectivity index (χ0n) is 13.2. The molecular formula is C17H20N2O3S. The lowest BCUT2D eigenvalue weighted by Crippen LogP contribution is -2.24. The molecule has 1 aliphatic rings. The van der Waals surface area contributed by atoms with E-state index >= 15 is 0 Å². The number of nitrogens with one attached hydrogen (secondary N) is 2. The molecule has 0 unspecified atom stereocenters. The molecule has 5 nitrogen and oxygen atoms in total. The van der Waals surface area contributed by atoms with E-state index in [1.807, 2.05) is 6.07 Å². The predicted molar refractivity (Wildman–Crippen MR) is 89.8 cm³/mol. The van der Waals surface area contributed by atoms with Gasteiger partial charge in [0, 0.05) is 19.3 Å². The lowest BCUT2D eigenvalue weighted by molar-refractivity contribution is 0.401. The first-order valence-corrected chi connectivity index (χ1v) is 8.98. The van der Waals surface area contributed by atoms with Gasteiger partial charge in [-0.15, -0.1) is 0 Å². The molecule has 0 saturated heterocycles. The van der Waals surface area contributed by atoms with Crippen molar-refractivity contribution in [1.29, 1.82) is 0 Å². The van der Waals surface area contributed by atoms with Crippen LogP contribution in [0, 0.1) is 0 Å². The first kappa shape index (κ1) is 15.8. The Morgan fingerprint density at radius 1 is 1.13 bits per heavy atom. The molecule has 0 spiro atoms. The second kappa shape index (κ2) is 6.22. The Morgan fingerprint density at radius 2 is 1.87 bits per heavy atom. The van der Waals surface area contributed by atoms with E-state index in [-0.39, 0.29) is 9.79 Å². The fourth-order valence-corrected chi connectivity index (χ4v) is 4.24. The van der Waals surface area contributed by atoms with Gasteiger partial charge >= 0.3 is 0 Å². The van der Waals surface area contributed by atoms with Crippen molar-refractivity contribution in [2.24, 2.45) is 0 Å². The Hall–Kier alpha value is -2.05. The van der Waals surface area contributed by atoms with Gasteiger partial charge in [-0.25, -0.2) is 8.42 Å². The van der Waals surface area contributed by atoms with Crippen LogP contribution in [0.15, 0.2) is 46.2 Å². The first-order chi connectivity index (χ1) is 11.1. The van der Waals surface area contributed by atoms with E-state index in [9.17, 15) is 8.42 Å². The third-order valence-electron chi connectivity index (χ3n) is 4.12. The molecule has 0 bridgehead atoms. The third-order valence-corrected chi connectivity index (χ3v) is 5.91. The second-order valence-corrected chi connectivity index (χ2v) is 7.39. The van der Waals surface area contributed by atoms with E-state index in [1.54, 1.807) is 37.4 Å². The average molecular weight is 332 g/mol. The zero-order chi connectivity index (χ0) is 16.4. The number of hydrogen-bond donors (Lipinski definition) is 2. The SMILES string of the molecule is CNc1ccc(S(=O)(=O)c2cc3c(cc2OC)CCNC3)cc1. The number of hydrogen-bond acceptors (Lipinski definition) is 5. The molecule has 0 amide bonds. The molecule has 0 aromatic heterocycles. The molecule has 0 radical (unpaired) electrons. The van der Waals surface area contributed by atoms with Crippen molar-refractivity contribution in [3.63, 3.8) is 0 Å². The van der Waals surface area contributed by atoms with Gasteiger partial charge in [0.15, 0.2) is 0 Å². The van der Waals surface area contributed by atoms with E-state index in [4.69, 9.17) is 4.74 Å². The number of sulfone groups is 1. The number of methoxy groups -OCH3 is 1. The zero-order valence-corrected chi connectivity index (χ0v) is 14.0. The molecule has 2 N–H and O–H groups in total. The van der Waals surface area contributed by atoms with E-state index in [0.29, 0.717) is 12.3 Å². The molecule has 23 heavy (non-hydrogen) atoms. The van der Waals surface area contributed by atoms with Crippen molar-refractivity contribution in [3.05, 3.63) is 47.5 Å². The summed E-state index contributed by atoms with van der Waals surface area (Å²) in [6, 6.07) is 10.3.